The molecule has 146 valence electrons. The lowest BCUT2D eigenvalue weighted by Crippen LogP contribution is -2.24. The Morgan fingerprint density at radius 3 is 2.14 bits per heavy atom. The Kier molecular flexibility index (Phi) is 6.50. The van der Waals surface area contributed by atoms with Gasteiger partial charge in [-0.1, -0.05) is 54.6 Å². The van der Waals surface area contributed by atoms with Crippen LogP contribution in [0.5, 0.6) is 0 Å². The molecule has 0 aliphatic heterocycles. The van der Waals surface area contributed by atoms with Crippen molar-refractivity contribution in [2.45, 2.75) is 6.54 Å². The molecule has 3 N–H and O–H groups in total. The van der Waals surface area contributed by atoms with Crippen molar-refractivity contribution in [3.05, 3.63) is 107 Å². The third-order valence-corrected chi connectivity index (χ3v) is 4.28. The summed E-state index contributed by atoms with van der Waals surface area (Å²) in [5.74, 6) is -1.22. The van der Waals surface area contributed by atoms with Gasteiger partial charge in [-0.05, 0) is 47.0 Å². The first kappa shape index (κ1) is 20.0. The summed E-state index contributed by atoms with van der Waals surface area (Å²) in [6.45, 7) is 0.257. The highest BCUT2D eigenvalue weighted by Gasteiger charge is 2.12. The lowest BCUT2D eigenvalue weighted by atomic mass is 10.0. The Bertz CT molecular complexity index is 1010. The average Bonchev–Trinajstić information content (AvgIpc) is 2.77. The molecule has 0 aliphatic rings. The first-order chi connectivity index (χ1) is 14.1. The zero-order valence-corrected chi connectivity index (χ0v) is 15.4. The predicted octanol–water partition coefficient (Wildman–Crippen LogP) is 3.80. The summed E-state index contributed by atoms with van der Waals surface area (Å²) in [5, 5.41) is 11.5. The van der Waals surface area contributed by atoms with E-state index >= 15 is 0 Å². The quantitative estimate of drug-likeness (QED) is 0.259. The van der Waals surface area contributed by atoms with E-state index in [1.54, 1.807) is 48.0 Å². The normalized spacial score (nSPS) is 11.0. The SMILES string of the molecule is O=C(NCc1ccc(C(=O)NO)cc1)C(=Cc1ccc(F)cc1)c1ccccc1. The molecule has 3 rings (SSSR count). The van der Waals surface area contributed by atoms with E-state index in [2.05, 4.69) is 5.32 Å². The van der Waals surface area contributed by atoms with E-state index in [9.17, 15) is 14.0 Å². The molecular formula is C23H19FN2O3. The van der Waals surface area contributed by atoms with Gasteiger partial charge in [-0.2, -0.15) is 0 Å². The molecule has 29 heavy (non-hydrogen) atoms. The minimum atomic E-state index is -0.603. The molecule has 5 nitrogen and oxygen atoms in total. The van der Waals surface area contributed by atoms with Gasteiger partial charge in [0.05, 0.1) is 0 Å². The molecule has 0 aromatic heterocycles. The fraction of sp³-hybridized carbons (Fsp3) is 0.0435. The Balaban J connectivity index is 1.78. The Labute approximate surface area is 167 Å². The van der Waals surface area contributed by atoms with Crippen LogP contribution in [0.4, 0.5) is 4.39 Å². The summed E-state index contributed by atoms with van der Waals surface area (Å²) in [5.41, 5.74) is 4.57. The maximum Gasteiger partial charge on any atom is 0.274 e. The zero-order valence-electron chi connectivity index (χ0n) is 15.4. The van der Waals surface area contributed by atoms with Crippen molar-refractivity contribution in [3.63, 3.8) is 0 Å². The molecule has 0 unspecified atom stereocenters. The first-order valence-electron chi connectivity index (χ1n) is 8.91. The summed E-state index contributed by atoms with van der Waals surface area (Å²) in [6.07, 6.45) is 1.71. The van der Waals surface area contributed by atoms with Crippen LogP contribution in [0.15, 0.2) is 78.9 Å². The molecule has 3 aromatic carbocycles. The van der Waals surface area contributed by atoms with Crippen LogP contribution in [0.1, 0.15) is 27.0 Å². The van der Waals surface area contributed by atoms with Gasteiger partial charge < -0.3 is 5.32 Å². The standard InChI is InChI=1S/C23H19FN2O3/c24-20-12-8-16(9-13-20)14-21(18-4-2-1-3-5-18)23(28)25-15-17-6-10-19(11-7-17)22(27)26-29/h1-14,29H,15H2,(H,25,28)(H,26,27). The molecule has 3 aromatic rings. The van der Waals surface area contributed by atoms with Crippen molar-refractivity contribution in [2.75, 3.05) is 0 Å². The number of amides is 2. The van der Waals surface area contributed by atoms with Gasteiger partial charge in [-0.25, -0.2) is 9.87 Å². The van der Waals surface area contributed by atoms with Crippen LogP contribution < -0.4 is 10.8 Å². The fourth-order valence-corrected chi connectivity index (χ4v) is 2.74. The van der Waals surface area contributed by atoms with Crippen molar-refractivity contribution in [1.82, 2.24) is 10.8 Å². The van der Waals surface area contributed by atoms with Crippen molar-refractivity contribution >= 4 is 23.5 Å². The molecule has 0 radical (unpaired) electrons. The molecule has 2 amide bonds. The second-order valence-electron chi connectivity index (χ2n) is 6.30. The van der Waals surface area contributed by atoms with Gasteiger partial charge in [0.1, 0.15) is 5.82 Å². The maximum absolute atomic E-state index is 13.2. The van der Waals surface area contributed by atoms with Gasteiger partial charge in [-0.15, -0.1) is 0 Å². The number of rotatable bonds is 6. The lowest BCUT2D eigenvalue weighted by Gasteiger charge is -2.10. The number of carbonyl (C=O) groups excluding carboxylic acids is 2. The second kappa shape index (κ2) is 9.43. The minimum Gasteiger partial charge on any atom is -0.348 e. The molecule has 0 fully saturated rings. The monoisotopic (exact) mass is 390 g/mol. The number of nitrogens with one attached hydrogen (secondary N) is 2. The van der Waals surface area contributed by atoms with E-state index in [4.69, 9.17) is 5.21 Å². The van der Waals surface area contributed by atoms with Gasteiger partial charge in [0.2, 0.25) is 0 Å². The van der Waals surface area contributed by atoms with Crippen LogP contribution >= 0.6 is 0 Å². The third-order valence-electron chi connectivity index (χ3n) is 4.28. The molecule has 0 saturated carbocycles. The summed E-state index contributed by atoms with van der Waals surface area (Å²) < 4.78 is 13.2. The van der Waals surface area contributed by atoms with Gasteiger partial charge >= 0.3 is 0 Å². The minimum absolute atomic E-state index is 0.257. The highest BCUT2D eigenvalue weighted by molar-refractivity contribution is 6.24. The van der Waals surface area contributed by atoms with Gasteiger partial charge in [0.25, 0.3) is 11.8 Å². The number of carbonyl (C=O) groups is 2. The Morgan fingerprint density at radius 2 is 1.52 bits per heavy atom. The summed E-state index contributed by atoms with van der Waals surface area (Å²) in [6, 6.07) is 21.6. The maximum atomic E-state index is 13.2. The van der Waals surface area contributed by atoms with Crippen LogP contribution in [0, 0.1) is 5.82 Å². The fourth-order valence-electron chi connectivity index (χ4n) is 2.74. The molecule has 0 saturated heterocycles. The topological polar surface area (TPSA) is 78.4 Å². The zero-order chi connectivity index (χ0) is 20.6. The number of hydroxylamine groups is 1. The highest BCUT2D eigenvalue weighted by Crippen LogP contribution is 2.19. The number of hydrogen-bond donors (Lipinski definition) is 3. The number of hydrogen-bond acceptors (Lipinski definition) is 3. The highest BCUT2D eigenvalue weighted by atomic mass is 19.1. The third kappa shape index (κ3) is 5.37. The smallest absolute Gasteiger partial charge is 0.274 e. The first-order valence-corrected chi connectivity index (χ1v) is 8.91. The van der Waals surface area contributed by atoms with Gasteiger partial charge in [-0.3, -0.25) is 14.8 Å². The predicted molar refractivity (Wildman–Crippen MR) is 108 cm³/mol. The lowest BCUT2D eigenvalue weighted by molar-refractivity contribution is -0.115. The van der Waals surface area contributed by atoms with E-state index in [0.717, 1.165) is 11.1 Å². The molecule has 0 atom stereocenters. The largest absolute Gasteiger partial charge is 0.348 e. The summed E-state index contributed by atoms with van der Waals surface area (Å²) >= 11 is 0. The molecule has 6 heteroatoms. The molecule has 0 heterocycles. The van der Waals surface area contributed by atoms with Crippen LogP contribution in [-0.4, -0.2) is 17.0 Å². The van der Waals surface area contributed by atoms with E-state index < -0.39 is 5.91 Å². The van der Waals surface area contributed by atoms with E-state index in [-0.39, 0.29) is 18.3 Å². The Hall–Kier alpha value is -3.77. The molecular weight excluding hydrogens is 371 g/mol. The van der Waals surface area contributed by atoms with E-state index in [1.165, 1.54) is 12.1 Å². The van der Waals surface area contributed by atoms with Crippen molar-refractivity contribution in [3.8, 4) is 0 Å². The van der Waals surface area contributed by atoms with Crippen LogP contribution in [-0.2, 0) is 11.3 Å². The second-order valence-corrected chi connectivity index (χ2v) is 6.30. The number of halogens is 1. The van der Waals surface area contributed by atoms with Gasteiger partial charge in [0, 0.05) is 17.7 Å². The number of benzene rings is 3. The van der Waals surface area contributed by atoms with Crippen molar-refractivity contribution < 1.29 is 19.2 Å². The van der Waals surface area contributed by atoms with E-state index in [0.29, 0.717) is 16.7 Å². The van der Waals surface area contributed by atoms with Crippen LogP contribution in [0.2, 0.25) is 0 Å². The molecule has 0 spiro atoms. The molecule has 0 bridgehead atoms. The van der Waals surface area contributed by atoms with E-state index in [1.807, 2.05) is 30.3 Å². The van der Waals surface area contributed by atoms with Gasteiger partial charge in [0.15, 0.2) is 0 Å². The average molecular weight is 390 g/mol. The Morgan fingerprint density at radius 1 is 0.862 bits per heavy atom. The molecule has 0 aliphatic carbocycles. The van der Waals surface area contributed by atoms with Crippen LogP contribution in [0.25, 0.3) is 11.6 Å². The summed E-state index contributed by atoms with van der Waals surface area (Å²) in [4.78, 5) is 24.2. The summed E-state index contributed by atoms with van der Waals surface area (Å²) in [7, 11) is 0. The van der Waals surface area contributed by atoms with Crippen molar-refractivity contribution in [2.24, 2.45) is 0 Å². The van der Waals surface area contributed by atoms with Crippen molar-refractivity contribution in [1.29, 1.82) is 0 Å². The van der Waals surface area contributed by atoms with Crippen LogP contribution in [0.3, 0.4) is 0 Å².